The quantitative estimate of drug-likeness (QED) is 0.726. The van der Waals surface area contributed by atoms with Crippen molar-refractivity contribution in [2.75, 3.05) is 18.2 Å². The van der Waals surface area contributed by atoms with Crippen molar-refractivity contribution in [3.63, 3.8) is 0 Å². The summed E-state index contributed by atoms with van der Waals surface area (Å²) in [5, 5.41) is 3.10. The van der Waals surface area contributed by atoms with Gasteiger partial charge in [-0.3, -0.25) is 0 Å². The number of imidazole rings is 1. The molecule has 0 aliphatic rings. The molecule has 0 amide bonds. The van der Waals surface area contributed by atoms with E-state index in [1.165, 1.54) is 13.2 Å². The standard InChI is InChI=1S/C13H17FN4O/c1-3-10(13-16-4-5-17-13)18-11-7-12(19-2)9(15)6-8(11)14/h4-7,10,18H,3,15H2,1-2H3,(H,16,17). The van der Waals surface area contributed by atoms with Gasteiger partial charge < -0.3 is 20.8 Å². The van der Waals surface area contributed by atoms with Gasteiger partial charge in [0.1, 0.15) is 17.4 Å². The molecule has 0 spiro atoms. The van der Waals surface area contributed by atoms with E-state index in [1.54, 1.807) is 18.5 Å². The number of H-pyrrole nitrogens is 1. The van der Waals surface area contributed by atoms with E-state index in [1.807, 2.05) is 6.92 Å². The van der Waals surface area contributed by atoms with Gasteiger partial charge in [0.05, 0.1) is 24.5 Å². The summed E-state index contributed by atoms with van der Waals surface area (Å²) >= 11 is 0. The maximum Gasteiger partial charge on any atom is 0.148 e. The van der Waals surface area contributed by atoms with Gasteiger partial charge in [-0.15, -0.1) is 0 Å². The van der Waals surface area contributed by atoms with Crippen LogP contribution in [0.15, 0.2) is 24.5 Å². The van der Waals surface area contributed by atoms with Gasteiger partial charge in [-0.25, -0.2) is 9.37 Å². The number of hydrogen-bond donors (Lipinski definition) is 3. The Kier molecular flexibility index (Phi) is 3.89. The van der Waals surface area contributed by atoms with E-state index in [0.29, 0.717) is 11.4 Å². The number of rotatable bonds is 5. The molecule has 4 N–H and O–H groups in total. The van der Waals surface area contributed by atoms with Gasteiger partial charge in [0.15, 0.2) is 0 Å². The van der Waals surface area contributed by atoms with Crippen LogP contribution in [0.1, 0.15) is 25.2 Å². The van der Waals surface area contributed by atoms with Crippen LogP contribution in [0.4, 0.5) is 15.8 Å². The van der Waals surface area contributed by atoms with Crippen molar-refractivity contribution in [1.29, 1.82) is 0 Å². The van der Waals surface area contributed by atoms with E-state index in [-0.39, 0.29) is 11.7 Å². The third kappa shape index (κ3) is 2.78. The van der Waals surface area contributed by atoms with Crippen LogP contribution in [0.3, 0.4) is 0 Å². The van der Waals surface area contributed by atoms with Crippen molar-refractivity contribution in [1.82, 2.24) is 9.97 Å². The van der Waals surface area contributed by atoms with Crippen LogP contribution < -0.4 is 15.8 Å². The molecule has 6 heteroatoms. The molecule has 1 aromatic carbocycles. The second-order valence-corrected chi connectivity index (χ2v) is 4.15. The maximum absolute atomic E-state index is 13.9. The number of nitrogen functional groups attached to an aromatic ring is 1. The molecule has 0 bridgehead atoms. The molecule has 1 unspecified atom stereocenters. The number of nitrogens with one attached hydrogen (secondary N) is 2. The Morgan fingerprint density at radius 2 is 2.32 bits per heavy atom. The van der Waals surface area contributed by atoms with Crippen LogP contribution >= 0.6 is 0 Å². The lowest BCUT2D eigenvalue weighted by atomic mass is 10.2. The molecule has 1 atom stereocenters. The first kappa shape index (κ1) is 13.2. The zero-order valence-electron chi connectivity index (χ0n) is 10.9. The molecular formula is C13H17FN4O. The summed E-state index contributed by atoms with van der Waals surface area (Å²) in [4.78, 5) is 7.19. The fourth-order valence-corrected chi connectivity index (χ4v) is 1.88. The largest absolute Gasteiger partial charge is 0.495 e. The smallest absolute Gasteiger partial charge is 0.148 e. The second kappa shape index (κ2) is 5.60. The summed E-state index contributed by atoms with van der Waals surface area (Å²) in [7, 11) is 1.50. The number of nitrogens with two attached hydrogens (primary N) is 1. The molecule has 0 aliphatic heterocycles. The van der Waals surface area contributed by atoms with Gasteiger partial charge in [0.2, 0.25) is 0 Å². The lowest BCUT2D eigenvalue weighted by Gasteiger charge is -2.18. The number of aromatic amines is 1. The van der Waals surface area contributed by atoms with Crippen molar-refractivity contribution < 1.29 is 9.13 Å². The molecule has 102 valence electrons. The van der Waals surface area contributed by atoms with Crippen molar-refractivity contribution in [2.24, 2.45) is 0 Å². The van der Waals surface area contributed by atoms with Gasteiger partial charge >= 0.3 is 0 Å². The first-order chi connectivity index (χ1) is 9.15. The Balaban J connectivity index is 2.27. The normalized spacial score (nSPS) is 12.2. The molecule has 0 saturated carbocycles. The Labute approximate surface area is 111 Å². The summed E-state index contributed by atoms with van der Waals surface area (Å²) in [6.07, 6.45) is 4.17. The highest BCUT2D eigenvalue weighted by molar-refractivity contribution is 5.62. The zero-order valence-corrected chi connectivity index (χ0v) is 10.9. The monoisotopic (exact) mass is 264 g/mol. The van der Waals surface area contributed by atoms with E-state index in [9.17, 15) is 4.39 Å². The van der Waals surface area contributed by atoms with Crippen LogP contribution in [0.25, 0.3) is 0 Å². The number of ether oxygens (including phenoxy) is 1. The Hall–Kier alpha value is -2.24. The number of halogens is 1. The van der Waals surface area contributed by atoms with Crippen molar-refractivity contribution >= 4 is 11.4 Å². The predicted octanol–water partition coefficient (Wildman–Crippen LogP) is 2.70. The van der Waals surface area contributed by atoms with Gasteiger partial charge in [0, 0.05) is 24.5 Å². The fourth-order valence-electron chi connectivity index (χ4n) is 1.88. The minimum atomic E-state index is -0.414. The number of methoxy groups -OCH3 is 1. The topological polar surface area (TPSA) is 76.0 Å². The summed E-state index contributed by atoms with van der Waals surface area (Å²) in [6, 6.07) is 2.70. The van der Waals surface area contributed by atoms with E-state index in [4.69, 9.17) is 10.5 Å². The van der Waals surface area contributed by atoms with E-state index in [0.717, 1.165) is 12.2 Å². The first-order valence-electron chi connectivity index (χ1n) is 6.04. The number of aromatic nitrogens is 2. The number of hydrogen-bond acceptors (Lipinski definition) is 4. The minimum Gasteiger partial charge on any atom is -0.495 e. The lowest BCUT2D eigenvalue weighted by Crippen LogP contribution is -2.12. The predicted molar refractivity (Wildman–Crippen MR) is 72.6 cm³/mol. The van der Waals surface area contributed by atoms with Gasteiger partial charge in [0.25, 0.3) is 0 Å². The highest BCUT2D eigenvalue weighted by Crippen LogP contribution is 2.30. The molecule has 5 nitrogen and oxygen atoms in total. The maximum atomic E-state index is 13.9. The first-order valence-corrected chi connectivity index (χ1v) is 6.04. The summed E-state index contributed by atoms with van der Waals surface area (Å²) in [6.45, 7) is 1.99. The minimum absolute atomic E-state index is 0.0992. The third-order valence-electron chi connectivity index (χ3n) is 2.91. The van der Waals surface area contributed by atoms with Crippen LogP contribution in [-0.4, -0.2) is 17.1 Å². The molecule has 2 rings (SSSR count). The molecule has 0 saturated heterocycles. The van der Waals surface area contributed by atoms with Crippen LogP contribution in [-0.2, 0) is 0 Å². The van der Waals surface area contributed by atoms with Crippen molar-refractivity contribution in [3.05, 3.63) is 36.2 Å². The molecule has 0 fully saturated rings. The van der Waals surface area contributed by atoms with Crippen LogP contribution in [0, 0.1) is 5.82 Å². The summed E-state index contributed by atoms with van der Waals surface area (Å²) in [5.41, 5.74) is 6.26. The molecule has 1 aromatic heterocycles. The number of benzene rings is 1. The average molecular weight is 264 g/mol. The summed E-state index contributed by atoms with van der Waals surface area (Å²) in [5.74, 6) is 0.791. The summed E-state index contributed by atoms with van der Waals surface area (Å²) < 4.78 is 19.0. The molecule has 1 heterocycles. The SMILES string of the molecule is CCC(Nc1cc(OC)c(N)cc1F)c1ncc[nH]1. The van der Waals surface area contributed by atoms with E-state index in [2.05, 4.69) is 15.3 Å². The number of anilines is 2. The third-order valence-corrected chi connectivity index (χ3v) is 2.91. The van der Waals surface area contributed by atoms with Crippen molar-refractivity contribution in [3.8, 4) is 5.75 Å². The van der Waals surface area contributed by atoms with Crippen LogP contribution in [0.5, 0.6) is 5.75 Å². The van der Waals surface area contributed by atoms with Gasteiger partial charge in [-0.05, 0) is 6.42 Å². The van der Waals surface area contributed by atoms with Gasteiger partial charge in [-0.2, -0.15) is 0 Å². The molecular weight excluding hydrogens is 247 g/mol. The highest BCUT2D eigenvalue weighted by Gasteiger charge is 2.15. The second-order valence-electron chi connectivity index (χ2n) is 4.15. The average Bonchev–Trinajstić information content (AvgIpc) is 2.92. The molecule has 2 aromatic rings. The van der Waals surface area contributed by atoms with E-state index < -0.39 is 5.82 Å². The Morgan fingerprint density at radius 3 is 2.89 bits per heavy atom. The fraction of sp³-hybridized carbons (Fsp3) is 0.308. The number of nitrogens with zero attached hydrogens (tertiary/aromatic N) is 1. The Bertz CT molecular complexity index is 542. The molecule has 0 radical (unpaired) electrons. The molecule has 0 aliphatic carbocycles. The molecule has 19 heavy (non-hydrogen) atoms. The Morgan fingerprint density at radius 1 is 1.53 bits per heavy atom. The lowest BCUT2D eigenvalue weighted by molar-refractivity contribution is 0.416. The van der Waals surface area contributed by atoms with Crippen molar-refractivity contribution in [2.45, 2.75) is 19.4 Å². The zero-order chi connectivity index (χ0) is 13.8. The van der Waals surface area contributed by atoms with E-state index >= 15 is 0 Å². The van der Waals surface area contributed by atoms with Gasteiger partial charge in [-0.1, -0.05) is 6.92 Å². The highest BCUT2D eigenvalue weighted by atomic mass is 19.1. The van der Waals surface area contributed by atoms with Crippen LogP contribution in [0.2, 0.25) is 0 Å².